The Hall–Kier alpha value is -9.87. The first-order chi connectivity index (χ1) is 47.0. The van der Waals surface area contributed by atoms with E-state index in [0.717, 1.165) is 33.0 Å². The van der Waals surface area contributed by atoms with Gasteiger partial charge in [0, 0.05) is 40.9 Å². The average Bonchev–Trinajstić information content (AvgIpc) is 0.839. The molecule has 0 heterocycles. The minimum absolute atomic E-state index is 0.104. The Kier molecular flexibility index (Phi) is 40.9. The highest BCUT2D eigenvalue weighted by Crippen LogP contribution is 2.21. The quantitative estimate of drug-likeness (QED) is 0.0591. The molecule has 0 fully saturated rings. The van der Waals surface area contributed by atoms with Gasteiger partial charge < -0.3 is 48.6 Å². The molecule has 0 bridgehead atoms. The maximum atomic E-state index is 11.0. The summed E-state index contributed by atoms with van der Waals surface area (Å²) in [5, 5.41) is 11.4. The molecule has 0 aliphatic carbocycles. The number of anilines is 1. The second-order valence-corrected chi connectivity index (χ2v) is 26.0. The van der Waals surface area contributed by atoms with E-state index in [2.05, 4.69) is 45.0 Å². The third-order valence-electron chi connectivity index (χ3n) is 13.7. The van der Waals surface area contributed by atoms with Crippen molar-refractivity contribution in [3.05, 3.63) is 318 Å². The summed E-state index contributed by atoms with van der Waals surface area (Å²) < 4.78 is 58.6. The summed E-state index contributed by atoms with van der Waals surface area (Å²) in [5.41, 5.74) is 46.7. The first-order valence-electron chi connectivity index (χ1n) is 30.8. The maximum absolute atomic E-state index is 11.0. The van der Waals surface area contributed by atoms with E-state index in [1.807, 2.05) is 144 Å². The molecule has 0 atom stereocenters. The molecule has 0 radical (unpaired) electrons. The molecule has 100 heavy (non-hydrogen) atoms. The van der Waals surface area contributed by atoms with Gasteiger partial charge in [-0.2, -0.15) is 0 Å². The number of amides is 3. The van der Waals surface area contributed by atoms with Crippen LogP contribution in [0.25, 0.3) is 0 Å². The van der Waals surface area contributed by atoms with Gasteiger partial charge in [-0.05, 0) is 198 Å². The van der Waals surface area contributed by atoms with Crippen molar-refractivity contribution in [2.45, 2.75) is 92.1 Å². The first-order valence-corrected chi connectivity index (χ1v) is 34.6. The molecule has 0 aromatic heterocycles. The first kappa shape index (κ1) is 88.1. The summed E-state index contributed by atoms with van der Waals surface area (Å²) in [4.78, 5) is 32.4. The van der Waals surface area contributed by atoms with E-state index in [9.17, 15) is 31.2 Å². The van der Waals surface area contributed by atoms with Crippen LogP contribution in [-0.4, -0.2) is 55.9 Å². The molecule has 22 heteroatoms. The molecule has 0 unspecified atom stereocenters. The summed E-state index contributed by atoms with van der Waals surface area (Å²) in [6, 6.07) is 68.7. The van der Waals surface area contributed by atoms with Gasteiger partial charge in [0.2, 0.25) is 37.8 Å². The smallest absolute Gasteiger partial charge is 0.249 e. The zero-order valence-corrected chi connectivity index (χ0v) is 62.2. The van der Waals surface area contributed by atoms with Gasteiger partial charge in [0.1, 0.15) is 17.2 Å². The average molecular weight is 1440 g/mol. The van der Waals surface area contributed by atoms with Gasteiger partial charge in [-0.25, -0.2) is 27.1 Å². The van der Waals surface area contributed by atoms with Crippen molar-refractivity contribution in [2.24, 2.45) is 38.9 Å². The van der Waals surface area contributed by atoms with Crippen molar-refractivity contribution in [2.75, 3.05) is 27.1 Å². The van der Waals surface area contributed by atoms with Crippen molar-refractivity contribution >= 4 is 66.7 Å². The Morgan fingerprint density at radius 2 is 0.800 bits per heavy atom. The summed E-state index contributed by atoms with van der Waals surface area (Å²) in [5.74, 6) is 0.887. The lowest BCUT2D eigenvalue weighted by Gasteiger charge is -2.05. The number of carbonyl (C=O) groups excluding carboxylic acids is 3. The number of halogens is 2. The summed E-state index contributed by atoms with van der Waals surface area (Å²) >= 11 is 11.3. The molecule has 10 aromatic carbocycles. The molecular weight excluding hydrogens is 1340 g/mol. The second kappa shape index (κ2) is 46.4. The number of hydrogen-bond acceptors (Lipinski definition) is 13. The molecule has 18 nitrogen and oxygen atoms in total. The Balaban J connectivity index is 0.000000557. The number of benzene rings is 10. The number of aryl methyl sites for hydroxylation is 10. The number of nitrogens with two attached hydrogens (primary N) is 8. The van der Waals surface area contributed by atoms with Crippen LogP contribution >= 0.6 is 23.2 Å². The molecule has 0 saturated heterocycles. The van der Waals surface area contributed by atoms with Gasteiger partial charge in [0.15, 0.2) is 0 Å². The van der Waals surface area contributed by atoms with Gasteiger partial charge in [-0.3, -0.25) is 14.4 Å². The maximum Gasteiger partial charge on any atom is 0.249 e. The largest absolute Gasteiger partial charge is 0.497 e. The van der Waals surface area contributed by atoms with Crippen molar-refractivity contribution in [1.29, 1.82) is 0 Å². The fraction of sp³-hybridized carbons (Fsp3) is 0.192. The molecule has 0 spiro atoms. The van der Waals surface area contributed by atoms with E-state index in [1.54, 1.807) is 107 Å². The van der Waals surface area contributed by atoms with Crippen molar-refractivity contribution in [3.8, 4) is 17.2 Å². The number of carbonyl (C=O) groups is 3. The highest BCUT2D eigenvalue weighted by atomic mass is 35.5. The third-order valence-corrected chi connectivity index (χ3v) is 16.4. The van der Waals surface area contributed by atoms with Gasteiger partial charge in [-0.1, -0.05) is 179 Å². The van der Waals surface area contributed by atoms with Crippen LogP contribution in [0.4, 0.5) is 5.69 Å². The highest BCUT2D eigenvalue weighted by molar-refractivity contribution is 7.89. The van der Waals surface area contributed by atoms with Crippen molar-refractivity contribution < 1.29 is 45.4 Å². The van der Waals surface area contributed by atoms with Crippen LogP contribution in [-0.2, 0) is 33.1 Å². The van der Waals surface area contributed by atoms with Crippen LogP contribution in [0.1, 0.15) is 97.8 Å². The number of rotatable bonds is 10. The number of nitrogen functional groups attached to an aromatic ring is 1. The molecule has 10 rings (SSSR count). The Labute approximate surface area is 601 Å². The molecule has 16 N–H and O–H groups in total. The zero-order chi connectivity index (χ0) is 75.7. The third kappa shape index (κ3) is 36.1. The topological polar surface area (TPSA) is 355 Å². The van der Waals surface area contributed by atoms with Gasteiger partial charge >= 0.3 is 0 Å². The number of methoxy groups -OCH3 is 3. The minimum atomic E-state index is -3.65. The Bertz CT molecular complexity index is 4390. The van der Waals surface area contributed by atoms with E-state index in [-0.39, 0.29) is 21.6 Å². The number of primary sulfonamides is 2. The van der Waals surface area contributed by atoms with E-state index in [1.165, 1.54) is 52.6 Å². The standard InChI is InChI=1S/C9H11NO2.C8H11NO3S.2C8H9NO.2C8H11N.C8H10O.C7H8ClN.C7H7Cl.C7H9NO2S/c1-6-3-4-7(12-2)5-8(6)9(10)11;1-6-3-4-7(12-2)5-8(6)13(9,10)11;1-6-3-2-4-7(5-6)8(9)10;1-6-4-2-3-5-7(6)8(9)10;1-7-3-2-4-8(5-7)6-9;1-7-4-2-3-5-8(7)6-9;1-7-3-5-8(9-2)6-4-7;1-5-2-3-6(8)7(9)4-5;1-6-3-2-4-7(8)5-6;1-6-4-2-3-5-7(6)11(8,9)10/h3-5H,1-2H3,(H2,10,11);3-5H,1-2H3,(H2,9,10,11);2*2-5H,1H3,(H2,9,10);2*2-5H,6,9H2,1H3;3-6H,1-2H3;2-4H,9H2,1H3;2-5H,1H3;2-5H,1H3,(H2,8,9,10). The predicted octanol–water partition coefficient (Wildman–Crippen LogP) is 14.4. The molecule has 10 aromatic rings. The van der Waals surface area contributed by atoms with Gasteiger partial charge in [0.25, 0.3) is 0 Å². The van der Waals surface area contributed by atoms with Crippen LogP contribution in [0.5, 0.6) is 17.2 Å². The predicted molar refractivity (Wildman–Crippen MR) is 410 cm³/mol. The Morgan fingerprint density at radius 3 is 1.18 bits per heavy atom. The number of primary amides is 3. The van der Waals surface area contributed by atoms with Crippen molar-refractivity contribution in [3.63, 3.8) is 0 Å². The molecule has 0 aliphatic heterocycles. The molecule has 0 saturated carbocycles. The van der Waals surface area contributed by atoms with E-state index >= 15 is 0 Å². The van der Waals surface area contributed by atoms with Crippen LogP contribution in [0, 0.1) is 69.2 Å². The SMILES string of the molecule is COc1ccc(C)c(C(N)=O)c1.COc1ccc(C)c(S(N)(=O)=O)c1.COc1ccc(C)cc1.Cc1ccc(Cl)c(N)c1.Cc1cccc(C(N)=O)c1.Cc1cccc(CN)c1.Cc1cccc(Cl)c1.Cc1ccccc1C(N)=O.Cc1ccccc1CN.Cc1ccccc1S(N)(=O)=O. The molecule has 534 valence electrons. The van der Waals surface area contributed by atoms with Crippen LogP contribution < -0.4 is 58.9 Å². The molecule has 0 aliphatic rings. The van der Waals surface area contributed by atoms with Crippen LogP contribution in [0.3, 0.4) is 0 Å². The monoisotopic (exact) mass is 1440 g/mol. The Morgan fingerprint density at radius 1 is 0.370 bits per heavy atom. The zero-order valence-electron chi connectivity index (χ0n) is 59.0. The molecule has 3 amide bonds. The van der Waals surface area contributed by atoms with Gasteiger partial charge in [-0.15, -0.1) is 0 Å². The van der Waals surface area contributed by atoms with E-state index in [0.29, 0.717) is 63.1 Å². The summed E-state index contributed by atoms with van der Waals surface area (Å²) in [7, 11) is -2.49. The number of hydrogen-bond donors (Lipinski definition) is 8. The van der Waals surface area contributed by atoms with Gasteiger partial charge in [0.05, 0.1) is 41.8 Å². The highest BCUT2D eigenvalue weighted by Gasteiger charge is 2.12. The number of ether oxygens (including phenoxy) is 3. The van der Waals surface area contributed by atoms with Crippen LogP contribution in [0.2, 0.25) is 10.0 Å². The summed E-state index contributed by atoms with van der Waals surface area (Å²) in [6.45, 7) is 20.5. The minimum Gasteiger partial charge on any atom is -0.497 e. The fourth-order valence-corrected chi connectivity index (χ4v) is 10.1. The lowest BCUT2D eigenvalue weighted by atomic mass is 10.1. The lowest BCUT2D eigenvalue weighted by Crippen LogP contribution is -2.13. The van der Waals surface area contributed by atoms with Crippen molar-refractivity contribution in [1.82, 2.24) is 0 Å². The normalized spacial score (nSPS) is 9.87. The van der Waals surface area contributed by atoms with Crippen LogP contribution in [0.15, 0.2) is 234 Å². The summed E-state index contributed by atoms with van der Waals surface area (Å²) in [6.07, 6.45) is 0. The second-order valence-electron chi connectivity index (χ2n) is 22.1. The van der Waals surface area contributed by atoms with E-state index < -0.39 is 26.0 Å². The lowest BCUT2D eigenvalue weighted by molar-refractivity contribution is 0.0991. The molecular formula is C78H96Cl2N8O10S2. The fourth-order valence-electron chi connectivity index (χ4n) is 8.15. The van der Waals surface area contributed by atoms with E-state index in [4.69, 9.17) is 82.1 Å². The number of sulfonamides is 2.